The summed E-state index contributed by atoms with van der Waals surface area (Å²) in [5.74, 6) is 0.724. The van der Waals surface area contributed by atoms with Crippen LogP contribution in [-0.4, -0.2) is 36.2 Å². The Bertz CT molecular complexity index is 553. The van der Waals surface area contributed by atoms with E-state index >= 15 is 0 Å². The van der Waals surface area contributed by atoms with Gasteiger partial charge in [0, 0.05) is 31.5 Å². The van der Waals surface area contributed by atoms with Crippen LogP contribution in [0, 0.1) is 0 Å². The van der Waals surface area contributed by atoms with E-state index in [1.54, 1.807) is 7.11 Å². The monoisotopic (exact) mass is 277 g/mol. The minimum atomic E-state index is 0.463. The van der Waals surface area contributed by atoms with Crippen LogP contribution in [0.2, 0.25) is 0 Å². The van der Waals surface area contributed by atoms with E-state index in [0.717, 1.165) is 30.0 Å². The second kappa shape index (κ2) is 6.72. The number of hydrogen-bond acceptors (Lipinski definition) is 5. The highest BCUT2D eigenvalue weighted by Gasteiger charge is 2.16. The Morgan fingerprint density at radius 2 is 2.25 bits per heavy atom. The van der Waals surface area contributed by atoms with Gasteiger partial charge in [-0.2, -0.15) is 0 Å². The standard InChI is InChI=1S/C15H23N3O2/c1-4-11(2)18(7-8-19-3)10-15-17-13-6-5-12(16)9-14(13)20-15/h5-6,9,11H,4,7-8,10,16H2,1-3H3. The van der Waals surface area contributed by atoms with Crippen molar-refractivity contribution in [3.05, 3.63) is 24.1 Å². The third-order valence-corrected chi connectivity index (χ3v) is 3.59. The van der Waals surface area contributed by atoms with Crippen molar-refractivity contribution in [1.29, 1.82) is 0 Å². The van der Waals surface area contributed by atoms with Crippen molar-refractivity contribution in [1.82, 2.24) is 9.88 Å². The Morgan fingerprint density at radius 3 is 2.95 bits per heavy atom. The van der Waals surface area contributed by atoms with Crippen LogP contribution in [0.5, 0.6) is 0 Å². The molecule has 2 N–H and O–H groups in total. The molecule has 0 radical (unpaired) electrons. The van der Waals surface area contributed by atoms with Crippen LogP contribution in [0.4, 0.5) is 5.69 Å². The number of nitrogens with zero attached hydrogens (tertiary/aromatic N) is 2. The highest BCUT2D eigenvalue weighted by Crippen LogP contribution is 2.20. The third-order valence-electron chi connectivity index (χ3n) is 3.59. The van der Waals surface area contributed by atoms with Crippen molar-refractivity contribution in [2.45, 2.75) is 32.9 Å². The number of nitrogens with two attached hydrogens (primary N) is 1. The van der Waals surface area contributed by atoms with E-state index in [1.807, 2.05) is 18.2 Å². The Kier molecular flexibility index (Phi) is 4.98. The number of aromatic nitrogens is 1. The highest BCUT2D eigenvalue weighted by atomic mass is 16.5. The normalized spacial score (nSPS) is 13.2. The number of fused-ring (bicyclic) bond motifs is 1. The number of hydrogen-bond donors (Lipinski definition) is 1. The molecule has 5 heteroatoms. The number of rotatable bonds is 7. The summed E-state index contributed by atoms with van der Waals surface area (Å²) < 4.78 is 11.0. The second-order valence-corrected chi connectivity index (χ2v) is 5.06. The van der Waals surface area contributed by atoms with Crippen molar-refractivity contribution in [3.8, 4) is 0 Å². The van der Waals surface area contributed by atoms with Gasteiger partial charge in [0.1, 0.15) is 5.52 Å². The molecule has 0 aliphatic rings. The molecule has 0 amide bonds. The summed E-state index contributed by atoms with van der Waals surface area (Å²) in [6, 6.07) is 6.01. The number of methoxy groups -OCH3 is 1. The van der Waals surface area contributed by atoms with Crippen molar-refractivity contribution < 1.29 is 9.15 Å². The van der Waals surface area contributed by atoms with Crippen molar-refractivity contribution in [3.63, 3.8) is 0 Å². The van der Waals surface area contributed by atoms with Gasteiger partial charge in [-0.3, -0.25) is 4.90 Å². The van der Waals surface area contributed by atoms with Gasteiger partial charge in [-0.15, -0.1) is 0 Å². The zero-order chi connectivity index (χ0) is 14.5. The highest BCUT2D eigenvalue weighted by molar-refractivity contribution is 5.76. The van der Waals surface area contributed by atoms with Crippen LogP contribution in [0.25, 0.3) is 11.1 Å². The molecule has 0 aliphatic carbocycles. The van der Waals surface area contributed by atoms with Gasteiger partial charge in [-0.05, 0) is 25.5 Å². The quantitative estimate of drug-likeness (QED) is 0.788. The summed E-state index contributed by atoms with van der Waals surface area (Å²) in [6.07, 6.45) is 1.08. The van der Waals surface area contributed by atoms with Crippen LogP contribution in [0.3, 0.4) is 0 Å². The fourth-order valence-electron chi connectivity index (χ4n) is 2.15. The lowest BCUT2D eigenvalue weighted by molar-refractivity contribution is 0.111. The molecule has 5 nitrogen and oxygen atoms in total. The van der Waals surface area contributed by atoms with Gasteiger partial charge in [0.15, 0.2) is 5.58 Å². The van der Waals surface area contributed by atoms with Crippen LogP contribution in [-0.2, 0) is 11.3 Å². The smallest absolute Gasteiger partial charge is 0.209 e. The molecule has 1 atom stereocenters. The predicted molar refractivity (Wildman–Crippen MR) is 80.5 cm³/mol. The largest absolute Gasteiger partial charge is 0.439 e. The molecule has 0 bridgehead atoms. The van der Waals surface area contributed by atoms with Crippen LogP contribution >= 0.6 is 0 Å². The zero-order valence-electron chi connectivity index (χ0n) is 12.4. The molecule has 0 spiro atoms. The molecule has 1 aromatic heterocycles. The van der Waals surface area contributed by atoms with Gasteiger partial charge in [0.25, 0.3) is 0 Å². The third kappa shape index (κ3) is 3.49. The summed E-state index contributed by atoms with van der Waals surface area (Å²) in [5.41, 5.74) is 8.05. The first kappa shape index (κ1) is 14.8. The van der Waals surface area contributed by atoms with Gasteiger partial charge in [-0.1, -0.05) is 6.92 Å². The zero-order valence-corrected chi connectivity index (χ0v) is 12.4. The summed E-state index contributed by atoms with van der Waals surface area (Å²) in [5, 5.41) is 0. The number of oxazole rings is 1. The molecular formula is C15H23N3O2. The predicted octanol–water partition coefficient (Wildman–Crippen LogP) is 2.66. The molecule has 2 aromatic rings. The lowest BCUT2D eigenvalue weighted by Gasteiger charge is -2.26. The molecule has 0 fully saturated rings. The molecule has 0 saturated carbocycles. The molecular weight excluding hydrogens is 254 g/mol. The van der Waals surface area contributed by atoms with Gasteiger partial charge < -0.3 is 14.9 Å². The second-order valence-electron chi connectivity index (χ2n) is 5.06. The Labute approximate surface area is 119 Å². The number of ether oxygens (including phenoxy) is 1. The summed E-state index contributed by atoms with van der Waals surface area (Å²) >= 11 is 0. The number of anilines is 1. The summed E-state index contributed by atoms with van der Waals surface area (Å²) in [4.78, 5) is 6.83. The van der Waals surface area contributed by atoms with Gasteiger partial charge in [0.05, 0.1) is 13.2 Å². The minimum Gasteiger partial charge on any atom is -0.439 e. The van der Waals surface area contributed by atoms with Crippen LogP contribution < -0.4 is 5.73 Å². The van der Waals surface area contributed by atoms with Crippen LogP contribution in [0.15, 0.2) is 22.6 Å². The lowest BCUT2D eigenvalue weighted by atomic mass is 10.2. The first-order valence-electron chi connectivity index (χ1n) is 7.02. The maximum atomic E-state index is 5.78. The molecule has 1 heterocycles. The summed E-state index contributed by atoms with van der Waals surface area (Å²) in [7, 11) is 1.72. The first-order valence-corrected chi connectivity index (χ1v) is 7.02. The topological polar surface area (TPSA) is 64.5 Å². The number of nitrogen functional groups attached to an aromatic ring is 1. The van der Waals surface area contributed by atoms with Gasteiger partial charge in [-0.25, -0.2) is 4.98 Å². The molecule has 110 valence electrons. The van der Waals surface area contributed by atoms with Crippen molar-refractivity contribution in [2.75, 3.05) is 26.0 Å². The summed E-state index contributed by atoms with van der Waals surface area (Å²) in [6.45, 7) is 6.64. The van der Waals surface area contributed by atoms with Crippen molar-refractivity contribution in [2.24, 2.45) is 0 Å². The average Bonchev–Trinajstić information content (AvgIpc) is 2.84. The van der Waals surface area contributed by atoms with Gasteiger partial charge in [0.2, 0.25) is 5.89 Å². The van der Waals surface area contributed by atoms with Crippen LogP contribution in [0.1, 0.15) is 26.2 Å². The van der Waals surface area contributed by atoms with E-state index in [1.165, 1.54) is 0 Å². The van der Waals surface area contributed by atoms with E-state index in [0.29, 0.717) is 24.9 Å². The fourth-order valence-corrected chi connectivity index (χ4v) is 2.15. The Hall–Kier alpha value is -1.59. The van der Waals surface area contributed by atoms with E-state index in [9.17, 15) is 0 Å². The molecule has 20 heavy (non-hydrogen) atoms. The van der Waals surface area contributed by atoms with E-state index in [4.69, 9.17) is 14.9 Å². The molecule has 0 aliphatic heterocycles. The maximum Gasteiger partial charge on any atom is 0.209 e. The Morgan fingerprint density at radius 1 is 1.45 bits per heavy atom. The van der Waals surface area contributed by atoms with E-state index in [2.05, 4.69) is 23.7 Å². The SMILES string of the molecule is CCC(C)N(CCOC)Cc1nc2ccc(N)cc2o1. The van der Waals surface area contributed by atoms with E-state index in [-0.39, 0.29) is 0 Å². The molecule has 1 aromatic carbocycles. The first-order chi connectivity index (χ1) is 9.63. The Balaban J connectivity index is 2.14. The number of benzene rings is 1. The fraction of sp³-hybridized carbons (Fsp3) is 0.533. The van der Waals surface area contributed by atoms with Crippen molar-refractivity contribution >= 4 is 16.8 Å². The minimum absolute atomic E-state index is 0.463. The maximum absolute atomic E-state index is 5.78. The molecule has 1 unspecified atom stereocenters. The molecule has 0 saturated heterocycles. The van der Waals surface area contributed by atoms with Gasteiger partial charge >= 0.3 is 0 Å². The lowest BCUT2D eigenvalue weighted by Crippen LogP contribution is -2.34. The molecule has 2 rings (SSSR count). The average molecular weight is 277 g/mol. The van der Waals surface area contributed by atoms with E-state index < -0.39 is 0 Å².